The Balaban J connectivity index is 1.73. The average Bonchev–Trinajstić information content (AvgIpc) is 2.99. The number of methoxy groups -OCH3 is 1. The van der Waals surface area contributed by atoms with Crippen molar-refractivity contribution in [3.8, 4) is 5.75 Å². The van der Waals surface area contributed by atoms with Crippen LogP contribution < -0.4 is 15.0 Å². The van der Waals surface area contributed by atoms with E-state index in [2.05, 4.69) is 5.32 Å². The summed E-state index contributed by atoms with van der Waals surface area (Å²) in [5.41, 5.74) is 2.36. The largest absolute Gasteiger partial charge is 0.497 e. The Labute approximate surface area is 151 Å². The van der Waals surface area contributed by atoms with Gasteiger partial charge in [-0.1, -0.05) is 23.7 Å². The van der Waals surface area contributed by atoms with Crippen molar-refractivity contribution in [3.05, 3.63) is 53.1 Å². The van der Waals surface area contributed by atoms with E-state index in [0.717, 1.165) is 11.3 Å². The van der Waals surface area contributed by atoms with Crippen molar-refractivity contribution in [2.45, 2.75) is 13.3 Å². The molecule has 130 valence electrons. The summed E-state index contributed by atoms with van der Waals surface area (Å²) in [4.78, 5) is 26.6. The Kier molecular flexibility index (Phi) is 4.95. The molecule has 0 aromatic heterocycles. The Morgan fingerprint density at radius 3 is 2.84 bits per heavy atom. The lowest BCUT2D eigenvalue weighted by Gasteiger charge is -2.19. The fraction of sp³-hybridized carbons (Fsp3) is 0.263. The van der Waals surface area contributed by atoms with Crippen molar-refractivity contribution in [1.29, 1.82) is 0 Å². The first-order valence-corrected chi connectivity index (χ1v) is 8.37. The molecule has 1 fully saturated rings. The highest BCUT2D eigenvalue weighted by Gasteiger charge is 2.35. The molecule has 0 spiro atoms. The van der Waals surface area contributed by atoms with Gasteiger partial charge in [0.05, 0.1) is 13.0 Å². The number of ether oxygens (including phenoxy) is 1. The molecule has 2 amide bonds. The molecule has 1 aliphatic rings. The second kappa shape index (κ2) is 7.15. The second-order valence-corrected chi connectivity index (χ2v) is 6.49. The monoisotopic (exact) mass is 358 g/mol. The number of amides is 2. The Morgan fingerprint density at radius 1 is 1.28 bits per heavy atom. The van der Waals surface area contributed by atoms with Crippen LogP contribution in [0.2, 0.25) is 5.02 Å². The number of carbonyl (C=O) groups is 2. The summed E-state index contributed by atoms with van der Waals surface area (Å²) in [6.45, 7) is 2.26. The summed E-state index contributed by atoms with van der Waals surface area (Å²) in [6, 6.07) is 12.6. The van der Waals surface area contributed by atoms with Gasteiger partial charge in [0.15, 0.2) is 0 Å². The number of hydrogen-bond acceptors (Lipinski definition) is 3. The molecule has 0 radical (unpaired) electrons. The van der Waals surface area contributed by atoms with Crippen LogP contribution in [0.5, 0.6) is 5.75 Å². The summed E-state index contributed by atoms with van der Waals surface area (Å²) in [5.74, 6) is 0.00787. The van der Waals surface area contributed by atoms with Crippen molar-refractivity contribution in [3.63, 3.8) is 0 Å². The highest BCUT2D eigenvalue weighted by molar-refractivity contribution is 6.31. The molecule has 1 heterocycles. The molecule has 1 unspecified atom stereocenters. The van der Waals surface area contributed by atoms with Crippen LogP contribution in [0.4, 0.5) is 11.4 Å². The molecule has 1 atom stereocenters. The average molecular weight is 359 g/mol. The zero-order valence-corrected chi connectivity index (χ0v) is 14.8. The highest BCUT2D eigenvalue weighted by atomic mass is 35.5. The molecule has 2 aromatic carbocycles. The normalized spacial score (nSPS) is 16.8. The smallest absolute Gasteiger partial charge is 0.229 e. The van der Waals surface area contributed by atoms with Crippen LogP contribution in [-0.2, 0) is 9.59 Å². The van der Waals surface area contributed by atoms with Crippen LogP contribution in [-0.4, -0.2) is 25.5 Å². The maximum atomic E-state index is 12.5. The summed E-state index contributed by atoms with van der Waals surface area (Å²) >= 11 is 6.05. The van der Waals surface area contributed by atoms with Crippen LogP contribution in [0.3, 0.4) is 0 Å². The molecule has 1 aliphatic heterocycles. The van der Waals surface area contributed by atoms with Crippen molar-refractivity contribution >= 4 is 34.8 Å². The standard InChI is InChI=1S/C19H19ClN2O3/c1-12-6-7-14(20)9-17(12)22-11-13(8-18(22)23)19(24)21-15-4-3-5-16(10-15)25-2/h3-7,9-10,13H,8,11H2,1-2H3,(H,21,24). The molecule has 1 N–H and O–H groups in total. The van der Waals surface area contributed by atoms with Crippen LogP contribution in [0.25, 0.3) is 0 Å². The molecule has 0 saturated carbocycles. The number of nitrogens with one attached hydrogen (secondary N) is 1. The van der Waals surface area contributed by atoms with Gasteiger partial charge in [-0.05, 0) is 36.8 Å². The van der Waals surface area contributed by atoms with Gasteiger partial charge in [0.25, 0.3) is 0 Å². The van der Waals surface area contributed by atoms with Crippen molar-refractivity contribution < 1.29 is 14.3 Å². The number of aryl methyl sites for hydroxylation is 1. The molecule has 2 aromatic rings. The fourth-order valence-electron chi connectivity index (χ4n) is 2.93. The molecule has 6 heteroatoms. The van der Waals surface area contributed by atoms with Crippen LogP contribution >= 0.6 is 11.6 Å². The Bertz CT molecular complexity index is 822. The Hall–Kier alpha value is -2.53. The van der Waals surface area contributed by atoms with Crippen molar-refractivity contribution in [2.24, 2.45) is 5.92 Å². The van der Waals surface area contributed by atoms with E-state index in [1.54, 1.807) is 48.4 Å². The van der Waals surface area contributed by atoms with E-state index in [4.69, 9.17) is 16.3 Å². The van der Waals surface area contributed by atoms with Crippen LogP contribution in [0.15, 0.2) is 42.5 Å². The van der Waals surface area contributed by atoms with E-state index in [1.165, 1.54) is 0 Å². The third-order valence-electron chi connectivity index (χ3n) is 4.30. The van der Waals surface area contributed by atoms with Gasteiger partial charge in [0.2, 0.25) is 11.8 Å². The first kappa shape index (κ1) is 17.3. The number of rotatable bonds is 4. The van der Waals surface area contributed by atoms with E-state index >= 15 is 0 Å². The SMILES string of the molecule is COc1cccc(NC(=O)C2CC(=O)N(c3cc(Cl)ccc3C)C2)c1. The lowest BCUT2D eigenvalue weighted by atomic mass is 10.1. The number of halogens is 1. The van der Waals surface area contributed by atoms with E-state index < -0.39 is 5.92 Å². The maximum Gasteiger partial charge on any atom is 0.229 e. The minimum absolute atomic E-state index is 0.0730. The van der Waals surface area contributed by atoms with Crippen molar-refractivity contribution in [2.75, 3.05) is 23.9 Å². The molecule has 3 rings (SSSR count). The van der Waals surface area contributed by atoms with Gasteiger partial charge in [-0.15, -0.1) is 0 Å². The van der Waals surface area contributed by atoms with Gasteiger partial charge in [-0.25, -0.2) is 0 Å². The topological polar surface area (TPSA) is 58.6 Å². The molecular formula is C19H19ClN2O3. The van der Waals surface area contributed by atoms with E-state index in [1.807, 2.05) is 13.0 Å². The zero-order valence-electron chi connectivity index (χ0n) is 14.1. The van der Waals surface area contributed by atoms with E-state index in [9.17, 15) is 9.59 Å². The molecule has 1 saturated heterocycles. The minimum atomic E-state index is -0.405. The molecular weight excluding hydrogens is 340 g/mol. The predicted molar refractivity (Wildman–Crippen MR) is 98.3 cm³/mol. The van der Waals surface area contributed by atoms with Crippen LogP contribution in [0, 0.1) is 12.8 Å². The summed E-state index contributed by atoms with van der Waals surface area (Å²) < 4.78 is 5.15. The fourth-order valence-corrected chi connectivity index (χ4v) is 3.10. The van der Waals surface area contributed by atoms with Gasteiger partial charge in [0.1, 0.15) is 5.75 Å². The third-order valence-corrected chi connectivity index (χ3v) is 4.53. The van der Waals surface area contributed by atoms with Gasteiger partial charge < -0.3 is 15.0 Å². The van der Waals surface area contributed by atoms with E-state index in [-0.39, 0.29) is 18.2 Å². The van der Waals surface area contributed by atoms with Gasteiger partial charge in [0, 0.05) is 35.4 Å². The number of benzene rings is 2. The van der Waals surface area contributed by atoms with Crippen LogP contribution in [0.1, 0.15) is 12.0 Å². The number of nitrogens with zero attached hydrogens (tertiary/aromatic N) is 1. The zero-order chi connectivity index (χ0) is 18.0. The van der Waals surface area contributed by atoms with Gasteiger partial charge in [-0.3, -0.25) is 9.59 Å². The third kappa shape index (κ3) is 3.77. The molecule has 0 aliphatic carbocycles. The maximum absolute atomic E-state index is 12.5. The number of hydrogen-bond donors (Lipinski definition) is 1. The van der Waals surface area contributed by atoms with Crippen molar-refractivity contribution in [1.82, 2.24) is 0 Å². The van der Waals surface area contributed by atoms with E-state index in [0.29, 0.717) is 23.0 Å². The first-order chi connectivity index (χ1) is 12.0. The quantitative estimate of drug-likeness (QED) is 0.907. The predicted octanol–water partition coefficient (Wildman–Crippen LogP) is 3.65. The molecule has 25 heavy (non-hydrogen) atoms. The van der Waals surface area contributed by atoms with Gasteiger partial charge >= 0.3 is 0 Å². The lowest BCUT2D eigenvalue weighted by Crippen LogP contribution is -2.28. The van der Waals surface area contributed by atoms with Gasteiger partial charge in [-0.2, -0.15) is 0 Å². The number of carbonyl (C=O) groups excluding carboxylic acids is 2. The minimum Gasteiger partial charge on any atom is -0.497 e. The highest BCUT2D eigenvalue weighted by Crippen LogP contribution is 2.30. The summed E-state index contributed by atoms with van der Waals surface area (Å²) in [6.07, 6.45) is 0.182. The summed E-state index contributed by atoms with van der Waals surface area (Å²) in [7, 11) is 1.57. The first-order valence-electron chi connectivity index (χ1n) is 7.99. The molecule has 5 nitrogen and oxygen atoms in total. The summed E-state index contributed by atoms with van der Waals surface area (Å²) in [5, 5.41) is 3.42. The Morgan fingerprint density at radius 2 is 2.08 bits per heavy atom. The second-order valence-electron chi connectivity index (χ2n) is 6.06. The lowest BCUT2D eigenvalue weighted by molar-refractivity contribution is -0.122. The molecule has 0 bridgehead atoms. The number of anilines is 2.